The summed E-state index contributed by atoms with van der Waals surface area (Å²) in [6, 6.07) is 19.4. The molecule has 2 heterocycles. The number of rotatable bonds is 7. The maximum Gasteiger partial charge on any atom is 0.307 e. The van der Waals surface area contributed by atoms with Crippen LogP contribution in [0.5, 0.6) is 5.75 Å². The first-order valence-electron chi connectivity index (χ1n) is 10.2. The third-order valence-corrected chi connectivity index (χ3v) is 5.46. The van der Waals surface area contributed by atoms with Gasteiger partial charge in [-0.05, 0) is 53.1 Å². The number of furan rings is 2. The summed E-state index contributed by atoms with van der Waals surface area (Å²) in [5, 5.41) is 11.1. The van der Waals surface area contributed by atoms with Crippen LogP contribution in [0.1, 0.15) is 16.7 Å². The Bertz CT molecular complexity index is 1430. The van der Waals surface area contributed by atoms with Crippen LogP contribution in [0.25, 0.3) is 33.1 Å². The zero-order valence-electron chi connectivity index (χ0n) is 17.2. The SMILES string of the molecule is NCc1cccc(-c2cc(COc3cc4occc4cc3CC(=O)O)cc3ccoc23)c1. The third kappa shape index (κ3) is 3.84. The highest BCUT2D eigenvalue weighted by Crippen LogP contribution is 2.33. The van der Waals surface area contributed by atoms with Crippen molar-refractivity contribution < 1.29 is 23.5 Å². The highest BCUT2D eigenvalue weighted by Gasteiger charge is 2.14. The molecule has 160 valence electrons. The molecular weight excluding hydrogens is 406 g/mol. The van der Waals surface area contributed by atoms with E-state index in [-0.39, 0.29) is 13.0 Å². The Morgan fingerprint density at radius 1 is 0.938 bits per heavy atom. The van der Waals surface area contributed by atoms with Crippen LogP contribution in [-0.2, 0) is 24.4 Å². The van der Waals surface area contributed by atoms with Gasteiger partial charge in [0.05, 0.1) is 18.9 Å². The quantitative estimate of drug-likeness (QED) is 0.355. The number of ether oxygens (including phenoxy) is 1. The molecule has 0 atom stereocenters. The first kappa shape index (κ1) is 19.9. The van der Waals surface area contributed by atoms with Crippen molar-refractivity contribution >= 4 is 27.9 Å². The molecule has 0 bridgehead atoms. The van der Waals surface area contributed by atoms with Gasteiger partial charge in [0, 0.05) is 34.5 Å². The fourth-order valence-corrected chi connectivity index (χ4v) is 3.94. The van der Waals surface area contributed by atoms with Crippen LogP contribution in [0.3, 0.4) is 0 Å². The number of carbonyl (C=O) groups is 1. The molecule has 0 aliphatic rings. The highest BCUT2D eigenvalue weighted by atomic mass is 16.5. The molecule has 0 radical (unpaired) electrons. The summed E-state index contributed by atoms with van der Waals surface area (Å²) in [6.45, 7) is 0.725. The number of nitrogens with two attached hydrogens (primary N) is 1. The molecule has 0 saturated carbocycles. The Balaban J connectivity index is 1.51. The molecule has 0 aliphatic heterocycles. The number of carboxylic acid groups (broad SMARTS) is 1. The first-order valence-corrected chi connectivity index (χ1v) is 10.2. The van der Waals surface area contributed by atoms with Crippen molar-refractivity contribution in [1.82, 2.24) is 0 Å². The lowest BCUT2D eigenvalue weighted by atomic mass is 9.99. The number of aliphatic carboxylic acids is 1. The Hall–Kier alpha value is -4.03. The first-order chi connectivity index (χ1) is 15.6. The normalized spacial score (nSPS) is 11.3. The number of benzene rings is 3. The van der Waals surface area contributed by atoms with E-state index in [9.17, 15) is 9.90 Å². The second-order valence-electron chi connectivity index (χ2n) is 7.66. The molecular formula is C26H21NO5. The zero-order chi connectivity index (χ0) is 22.1. The zero-order valence-corrected chi connectivity index (χ0v) is 17.2. The summed E-state index contributed by atoms with van der Waals surface area (Å²) in [7, 11) is 0. The molecule has 0 aliphatic carbocycles. The number of hydrogen-bond acceptors (Lipinski definition) is 5. The van der Waals surface area contributed by atoms with Gasteiger partial charge in [-0.15, -0.1) is 0 Å². The summed E-state index contributed by atoms with van der Waals surface area (Å²) < 4.78 is 17.3. The van der Waals surface area contributed by atoms with Crippen LogP contribution in [0.2, 0.25) is 0 Å². The highest BCUT2D eigenvalue weighted by molar-refractivity contribution is 5.93. The van der Waals surface area contributed by atoms with Gasteiger partial charge in [0.2, 0.25) is 0 Å². The Kier molecular flexibility index (Phi) is 5.13. The molecule has 0 saturated heterocycles. The average Bonchev–Trinajstić information content (AvgIpc) is 3.45. The van der Waals surface area contributed by atoms with E-state index in [1.165, 1.54) is 0 Å². The van der Waals surface area contributed by atoms with E-state index >= 15 is 0 Å². The van der Waals surface area contributed by atoms with Gasteiger partial charge >= 0.3 is 5.97 Å². The average molecular weight is 427 g/mol. The van der Waals surface area contributed by atoms with Crippen molar-refractivity contribution in [3.05, 3.63) is 89.9 Å². The van der Waals surface area contributed by atoms with Crippen LogP contribution in [0.15, 0.2) is 82.0 Å². The molecule has 0 spiro atoms. The molecule has 6 heteroatoms. The van der Waals surface area contributed by atoms with Crippen molar-refractivity contribution in [3.8, 4) is 16.9 Å². The number of hydrogen-bond donors (Lipinski definition) is 2. The summed E-state index contributed by atoms with van der Waals surface area (Å²) in [5.41, 5.74) is 11.8. The second-order valence-corrected chi connectivity index (χ2v) is 7.66. The lowest BCUT2D eigenvalue weighted by Crippen LogP contribution is -2.04. The number of carboxylic acids is 1. The van der Waals surface area contributed by atoms with E-state index in [1.54, 1.807) is 30.7 Å². The maximum atomic E-state index is 11.3. The molecule has 6 nitrogen and oxygen atoms in total. The van der Waals surface area contributed by atoms with Crippen LogP contribution < -0.4 is 10.5 Å². The van der Waals surface area contributed by atoms with E-state index < -0.39 is 5.97 Å². The van der Waals surface area contributed by atoms with E-state index in [4.69, 9.17) is 19.3 Å². The van der Waals surface area contributed by atoms with Gasteiger partial charge in [0.15, 0.2) is 0 Å². The van der Waals surface area contributed by atoms with E-state index in [2.05, 4.69) is 6.07 Å². The van der Waals surface area contributed by atoms with Crippen molar-refractivity contribution in [1.29, 1.82) is 0 Å². The van der Waals surface area contributed by atoms with Gasteiger partial charge in [0.1, 0.15) is 23.5 Å². The van der Waals surface area contributed by atoms with E-state index in [1.807, 2.05) is 36.4 Å². The summed E-state index contributed by atoms with van der Waals surface area (Å²) in [5.74, 6) is -0.423. The third-order valence-electron chi connectivity index (χ3n) is 5.46. The van der Waals surface area contributed by atoms with Crippen molar-refractivity contribution in [2.75, 3.05) is 0 Å². The number of fused-ring (bicyclic) bond motifs is 2. The fraction of sp³-hybridized carbons (Fsp3) is 0.115. The fourth-order valence-electron chi connectivity index (χ4n) is 3.94. The predicted molar refractivity (Wildman–Crippen MR) is 121 cm³/mol. The van der Waals surface area contributed by atoms with Crippen LogP contribution in [-0.4, -0.2) is 11.1 Å². The van der Waals surface area contributed by atoms with E-state index in [0.29, 0.717) is 23.4 Å². The Morgan fingerprint density at radius 3 is 2.62 bits per heavy atom. The molecule has 0 amide bonds. The Morgan fingerprint density at radius 2 is 1.78 bits per heavy atom. The van der Waals surface area contributed by atoms with Gasteiger partial charge in [-0.25, -0.2) is 0 Å². The van der Waals surface area contributed by atoms with Gasteiger partial charge < -0.3 is 24.4 Å². The lowest BCUT2D eigenvalue weighted by molar-refractivity contribution is -0.136. The molecule has 2 aromatic heterocycles. The molecule has 0 fully saturated rings. The van der Waals surface area contributed by atoms with Crippen molar-refractivity contribution in [2.45, 2.75) is 19.6 Å². The summed E-state index contributed by atoms with van der Waals surface area (Å²) >= 11 is 0. The van der Waals surface area contributed by atoms with Gasteiger partial charge in [0.25, 0.3) is 0 Å². The molecule has 32 heavy (non-hydrogen) atoms. The molecule has 5 aromatic rings. The van der Waals surface area contributed by atoms with Crippen LogP contribution >= 0.6 is 0 Å². The van der Waals surface area contributed by atoms with Crippen molar-refractivity contribution in [2.24, 2.45) is 5.73 Å². The molecule has 5 rings (SSSR count). The van der Waals surface area contributed by atoms with Crippen molar-refractivity contribution in [3.63, 3.8) is 0 Å². The van der Waals surface area contributed by atoms with Gasteiger partial charge in [-0.3, -0.25) is 4.79 Å². The second kappa shape index (κ2) is 8.24. The molecule has 0 unspecified atom stereocenters. The monoisotopic (exact) mass is 427 g/mol. The topological polar surface area (TPSA) is 98.8 Å². The predicted octanol–water partition coefficient (Wildman–Crippen LogP) is 5.51. The summed E-state index contributed by atoms with van der Waals surface area (Å²) in [4.78, 5) is 11.3. The van der Waals surface area contributed by atoms with Gasteiger partial charge in [-0.2, -0.15) is 0 Å². The van der Waals surface area contributed by atoms with Gasteiger partial charge in [-0.1, -0.05) is 18.2 Å². The standard InChI is InChI=1S/C26H21NO5/c27-14-16-2-1-3-18(8-16)22-10-17(9-20-5-7-31-26(20)22)15-32-24-13-23-19(4-6-30-23)11-21(24)12-25(28)29/h1-11,13H,12,14-15,27H2,(H,28,29). The van der Waals surface area contributed by atoms with Crippen LogP contribution in [0.4, 0.5) is 0 Å². The Labute approximate surface area is 183 Å². The molecule has 3 N–H and O–H groups in total. The summed E-state index contributed by atoms with van der Waals surface area (Å²) in [6.07, 6.45) is 3.11. The van der Waals surface area contributed by atoms with Crippen LogP contribution in [0, 0.1) is 0 Å². The van der Waals surface area contributed by atoms with E-state index in [0.717, 1.165) is 38.6 Å². The maximum absolute atomic E-state index is 11.3. The minimum atomic E-state index is -0.917. The minimum absolute atomic E-state index is 0.131. The largest absolute Gasteiger partial charge is 0.488 e. The lowest BCUT2D eigenvalue weighted by Gasteiger charge is -2.13. The smallest absolute Gasteiger partial charge is 0.307 e. The minimum Gasteiger partial charge on any atom is -0.488 e. The molecule has 3 aromatic carbocycles.